The van der Waals surface area contributed by atoms with Crippen LogP contribution in [0.5, 0.6) is 0 Å². The zero-order chi connectivity index (χ0) is 16.8. The van der Waals surface area contributed by atoms with Crippen LogP contribution >= 0.6 is 0 Å². The summed E-state index contributed by atoms with van der Waals surface area (Å²) in [4.78, 5) is 12.7. The Labute approximate surface area is 140 Å². The number of amides is 1. The molecule has 3 aromatic rings. The van der Waals surface area contributed by atoms with Gasteiger partial charge in [-0.1, -0.05) is 48.5 Å². The minimum Gasteiger partial charge on any atom is -0.370 e. The minimum absolute atomic E-state index is 0.211. The van der Waals surface area contributed by atoms with Crippen LogP contribution in [0, 0.1) is 5.82 Å². The lowest BCUT2D eigenvalue weighted by Gasteiger charge is -2.20. The molecule has 0 aliphatic heterocycles. The highest BCUT2D eigenvalue weighted by molar-refractivity contribution is 5.97. The molecule has 0 saturated carbocycles. The van der Waals surface area contributed by atoms with E-state index >= 15 is 0 Å². The smallest absolute Gasteiger partial charge is 0.251 e. The number of rotatable bonds is 5. The van der Waals surface area contributed by atoms with E-state index in [1.165, 1.54) is 24.3 Å². The van der Waals surface area contributed by atoms with Gasteiger partial charge in [0, 0.05) is 11.4 Å². The van der Waals surface area contributed by atoms with E-state index in [4.69, 9.17) is 0 Å². The summed E-state index contributed by atoms with van der Waals surface area (Å²) >= 11 is 0. The lowest BCUT2D eigenvalue weighted by Crippen LogP contribution is -2.27. The number of carbonyl (C=O) groups is 1. The van der Waals surface area contributed by atoms with Crippen molar-refractivity contribution in [3.8, 4) is 0 Å². The van der Waals surface area contributed by atoms with Gasteiger partial charge in [0.25, 0.3) is 5.91 Å². The van der Waals surface area contributed by atoms with Gasteiger partial charge in [0.2, 0.25) is 0 Å². The minimum atomic E-state index is -0.557. The maximum Gasteiger partial charge on any atom is 0.251 e. The number of benzene rings is 3. The second-order valence-corrected chi connectivity index (χ2v) is 5.35. The van der Waals surface area contributed by atoms with E-state index in [1.807, 2.05) is 60.7 Å². The van der Waals surface area contributed by atoms with E-state index in [-0.39, 0.29) is 11.7 Å². The Morgan fingerprint density at radius 3 is 1.96 bits per heavy atom. The Balaban J connectivity index is 1.83. The second-order valence-electron chi connectivity index (χ2n) is 5.35. The molecule has 0 aliphatic rings. The molecule has 0 radical (unpaired) electrons. The molecular formula is C20H17FN2O. The fraction of sp³-hybridized carbons (Fsp3) is 0.0500. The average molecular weight is 320 g/mol. The van der Waals surface area contributed by atoms with Crippen LogP contribution in [-0.2, 0) is 4.79 Å². The fourth-order valence-electron chi connectivity index (χ4n) is 2.39. The van der Waals surface area contributed by atoms with Gasteiger partial charge in [0.15, 0.2) is 0 Å². The fourth-order valence-corrected chi connectivity index (χ4v) is 2.39. The van der Waals surface area contributed by atoms with Gasteiger partial charge in [0.1, 0.15) is 11.9 Å². The Kier molecular flexibility index (Phi) is 4.87. The van der Waals surface area contributed by atoms with Crippen molar-refractivity contribution in [1.29, 1.82) is 0 Å². The van der Waals surface area contributed by atoms with Gasteiger partial charge < -0.3 is 10.6 Å². The molecule has 120 valence electrons. The quantitative estimate of drug-likeness (QED) is 0.720. The van der Waals surface area contributed by atoms with Gasteiger partial charge >= 0.3 is 0 Å². The van der Waals surface area contributed by atoms with E-state index in [0.29, 0.717) is 5.69 Å². The van der Waals surface area contributed by atoms with Gasteiger partial charge in [-0.15, -0.1) is 0 Å². The summed E-state index contributed by atoms with van der Waals surface area (Å²) in [6, 6.07) is 24.2. The molecule has 1 atom stereocenters. The third kappa shape index (κ3) is 3.98. The molecule has 0 aromatic heterocycles. The second kappa shape index (κ2) is 7.42. The standard InChI is InChI=1S/C20H17FN2O/c21-16-11-13-18(14-12-16)23-20(24)19(15-7-3-1-4-8-15)22-17-9-5-2-6-10-17/h1-14,19,22H,(H,23,24)/t19-/m0/s1. The first-order chi connectivity index (χ1) is 11.7. The van der Waals surface area contributed by atoms with Gasteiger partial charge in [-0.25, -0.2) is 4.39 Å². The predicted molar refractivity (Wildman–Crippen MR) is 94.3 cm³/mol. The van der Waals surface area contributed by atoms with E-state index in [1.54, 1.807) is 0 Å². The normalized spacial score (nSPS) is 11.5. The van der Waals surface area contributed by atoms with E-state index in [0.717, 1.165) is 11.3 Å². The number of para-hydroxylation sites is 1. The first kappa shape index (κ1) is 15.7. The topological polar surface area (TPSA) is 41.1 Å². The maximum atomic E-state index is 13.0. The molecular weight excluding hydrogens is 303 g/mol. The highest BCUT2D eigenvalue weighted by atomic mass is 19.1. The van der Waals surface area contributed by atoms with Crippen molar-refractivity contribution >= 4 is 17.3 Å². The van der Waals surface area contributed by atoms with Gasteiger partial charge in [-0.05, 0) is 42.0 Å². The number of carbonyl (C=O) groups excluding carboxylic acids is 1. The Bertz CT molecular complexity index is 789. The molecule has 24 heavy (non-hydrogen) atoms. The van der Waals surface area contributed by atoms with Crippen LogP contribution in [0.15, 0.2) is 84.9 Å². The van der Waals surface area contributed by atoms with Crippen molar-refractivity contribution in [1.82, 2.24) is 0 Å². The summed E-state index contributed by atoms with van der Waals surface area (Å²) in [5.74, 6) is -0.549. The summed E-state index contributed by atoms with van der Waals surface area (Å²) < 4.78 is 13.0. The molecule has 0 fully saturated rings. The highest BCUT2D eigenvalue weighted by Crippen LogP contribution is 2.21. The summed E-state index contributed by atoms with van der Waals surface area (Å²) in [6.07, 6.45) is 0. The van der Waals surface area contributed by atoms with Crippen LogP contribution < -0.4 is 10.6 Å². The third-order valence-corrected chi connectivity index (χ3v) is 3.59. The van der Waals surface area contributed by atoms with Crippen LogP contribution in [0.1, 0.15) is 11.6 Å². The van der Waals surface area contributed by atoms with Gasteiger partial charge in [-0.2, -0.15) is 0 Å². The molecule has 0 saturated heterocycles. The Hall–Kier alpha value is -3.14. The number of anilines is 2. The molecule has 0 heterocycles. The van der Waals surface area contributed by atoms with Crippen molar-refractivity contribution in [2.75, 3.05) is 10.6 Å². The number of halogens is 1. The molecule has 3 rings (SSSR count). The van der Waals surface area contributed by atoms with Gasteiger partial charge in [-0.3, -0.25) is 4.79 Å². The van der Waals surface area contributed by atoms with Crippen LogP contribution in [0.3, 0.4) is 0 Å². The molecule has 0 bridgehead atoms. The zero-order valence-corrected chi connectivity index (χ0v) is 12.9. The maximum absolute atomic E-state index is 13.0. The zero-order valence-electron chi connectivity index (χ0n) is 12.9. The number of hydrogen-bond donors (Lipinski definition) is 2. The molecule has 0 aliphatic carbocycles. The van der Waals surface area contributed by atoms with Crippen molar-refractivity contribution < 1.29 is 9.18 Å². The Morgan fingerprint density at radius 2 is 1.33 bits per heavy atom. The van der Waals surface area contributed by atoms with Crippen molar-refractivity contribution in [2.24, 2.45) is 0 Å². The number of hydrogen-bond acceptors (Lipinski definition) is 2. The predicted octanol–water partition coefficient (Wildman–Crippen LogP) is 4.62. The first-order valence-corrected chi connectivity index (χ1v) is 7.65. The van der Waals surface area contributed by atoms with Crippen LogP contribution in [0.25, 0.3) is 0 Å². The summed E-state index contributed by atoms with van der Waals surface area (Å²) in [7, 11) is 0. The molecule has 1 amide bonds. The Morgan fingerprint density at radius 1 is 0.750 bits per heavy atom. The monoisotopic (exact) mass is 320 g/mol. The third-order valence-electron chi connectivity index (χ3n) is 3.59. The van der Waals surface area contributed by atoms with Crippen molar-refractivity contribution in [3.05, 3.63) is 96.3 Å². The summed E-state index contributed by atoms with van der Waals surface area (Å²) in [6.45, 7) is 0. The van der Waals surface area contributed by atoms with E-state index < -0.39 is 6.04 Å². The van der Waals surface area contributed by atoms with Crippen LogP contribution in [-0.4, -0.2) is 5.91 Å². The first-order valence-electron chi connectivity index (χ1n) is 7.65. The van der Waals surface area contributed by atoms with Crippen LogP contribution in [0.4, 0.5) is 15.8 Å². The SMILES string of the molecule is O=C(Nc1ccc(F)cc1)[C@@H](Nc1ccccc1)c1ccccc1. The van der Waals surface area contributed by atoms with Crippen molar-refractivity contribution in [3.63, 3.8) is 0 Å². The van der Waals surface area contributed by atoms with E-state index in [9.17, 15) is 9.18 Å². The lowest BCUT2D eigenvalue weighted by atomic mass is 10.1. The molecule has 3 aromatic carbocycles. The molecule has 0 spiro atoms. The highest BCUT2D eigenvalue weighted by Gasteiger charge is 2.20. The average Bonchev–Trinajstić information content (AvgIpc) is 2.63. The lowest BCUT2D eigenvalue weighted by molar-refractivity contribution is -0.117. The van der Waals surface area contributed by atoms with E-state index in [2.05, 4.69) is 10.6 Å². The molecule has 2 N–H and O–H groups in total. The van der Waals surface area contributed by atoms with Gasteiger partial charge in [0.05, 0.1) is 0 Å². The number of nitrogens with one attached hydrogen (secondary N) is 2. The van der Waals surface area contributed by atoms with Crippen molar-refractivity contribution in [2.45, 2.75) is 6.04 Å². The molecule has 4 heteroatoms. The summed E-state index contributed by atoms with van der Waals surface area (Å²) in [5.41, 5.74) is 2.25. The molecule has 0 unspecified atom stereocenters. The molecule has 3 nitrogen and oxygen atoms in total. The largest absolute Gasteiger partial charge is 0.370 e. The van der Waals surface area contributed by atoms with Crippen LogP contribution in [0.2, 0.25) is 0 Å². The summed E-state index contributed by atoms with van der Waals surface area (Å²) in [5, 5.41) is 6.06.